The summed E-state index contributed by atoms with van der Waals surface area (Å²) in [6.07, 6.45) is 1.89. The van der Waals surface area contributed by atoms with Crippen LogP contribution < -0.4 is 5.32 Å². The van der Waals surface area contributed by atoms with Gasteiger partial charge in [0.1, 0.15) is 11.8 Å². The average molecular weight is 230 g/mol. The van der Waals surface area contributed by atoms with Crippen molar-refractivity contribution in [1.82, 2.24) is 20.1 Å². The lowest BCUT2D eigenvalue weighted by Gasteiger charge is -2.03. The molecule has 0 aliphatic carbocycles. The van der Waals surface area contributed by atoms with Crippen LogP contribution in [0.1, 0.15) is 17.2 Å². The number of nitriles is 1. The number of aromatic nitrogens is 4. The van der Waals surface area contributed by atoms with Crippen molar-refractivity contribution >= 4 is 5.95 Å². The summed E-state index contributed by atoms with van der Waals surface area (Å²) in [6, 6.07) is 3.61. The summed E-state index contributed by atoms with van der Waals surface area (Å²) < 4.78 is 4.61. The monoisotopic (exact) mass is 230 g/mol. The highest BCUT2D eigenvalue weighted by atomic mass is 16.5. The number of hydrogen-bond acceptors (Lipinski definition) is 7. The van der Waals surface area contributed by atoms with Crippen LogP contribution in [-0.2, 0) is 6.42 Å². The van der Waals surface area contributed by atoms with Crippen molar-refractivity contribution in [2.45, 2.75) is 13.3 Å². The largest absolute Gasteiger partial charge is 0.354 e. The van der Waals surface area contributed by atoms with Gasteiger partial charge in [0.05, 0.1) is 0 Å². The van der Waals surface area contributed by atoms with Gasteiger partial charge in [-0.05, 0) is 13.0 Å². The zero-order chi connectivity index (χ0) is 12.1. The van der Waals surface area contributed by atoms with Gasteiger partial charge in [0.2, 0.25) is 12.3 Å². The smallest absolute Gasteiger partial charge is 0.224 e. The van der Waals surface area contributed by atoms with E-state index in [2.05, 4.69) is 29.9 Å². The SMILES string of the molecule is Cc1cc(C#N)nc(NCCc2ncon2)n1. The van der Waals surface area contributed by atoms with E-state index in [9.17, 15) is 0 Å². The van der Waals surface area contributed by atoms with E-state index in [1.807, 2.05) is 13.0 Å². The fourth-order valence-electron chi connectivity index (χ4n) is 1.29. The average Bonchev–Trinajstić information content (AvgIpc) is 2.81. The Morgan fingerprint density at radius 2 is 2.35 bits per heavy atom. The highest BCUT2D eigenvalue weighted by Gasteiger charge is 2.02. The number of rotatable bonds is 4. The molecule has 0 aliphatic rings. The molecular formula is C10H10N6O. The van der Waals surface area contributed by atoms with E-state index < -0.39 is 0 Å². The Balaban J connectivity index is 1.95. The first-order valence-electron chi connectivity index (χ1n) is 5.03. The van der Waals surface area contributed by atoms with E-state index in [1.54, 1.807) is 6.07 Å². The van der Waals surface area contributed by atoms with Crippen LogP contribution in [0.5, 0.6) is 0 Å². The molecule has 2 rings (SSSR count). The van der Waals surface area contributed by atoms with E-state index >= 15 is 0 Å². The molecule has 0 fully saturated rings. The molecule has 7 heteroatoms. The van der Waals surface area contributed by atoms with Crippen molar-refractivity contribution < 1.29 is 4.52 Å². The van der Waals surface area contributed by atoms with Crippen molar-refractivity contribution in [3.05, 3.63) is 29.7 Å². The molecule has 0 saturated carbocycles. The predicted octanol–water partition coefficient (Wildman–Crippen LogP) is 0.694. The normalized spacial score (nSPS) is 9.88. The molecule has 1 N–H and O–H groups in total. The Labute approximate surface area is 97.5 Å². The molecule has 0 bridgehead atoms. The highest BCUT2D eigenvalue weighted by molar-refractivity contribution is 5.32. The number of anilines is 1. The summed E-state index contributed by atoms with van der Waals surface area (Å²) in [5, 5.41) is 15.4. The lowest BCUT2D eigenvalue weighted by molar-refractivity contribution is 0.410. The van der Waals surface area contributed by atoms with Crippen LogP contribution in [0.15, 0.2) is 17.0 Å². The van der Waals surface area contributed by atoms with Gasteiger partial charge < -0.3 is 9.84 Å². The molecule has 0 saturated heterocycles. The molecule has 2 aromatic rings. The summed E-state index contributed by atoms with van der Waals surface area (Å²) in [5.74, 6) is 1.05. The molecule has 0 aromatic carbocycles. The van der Waals surface area contributed by atoms with E-state index in [1.165, 1.54) is 6.39 Å². The summed E-state index contributed by atoms with van der Waals surface area (Å²) >= 11 is 0. The van der Waals surface area contributed by atoms with Gasteiger partial charge in [0, 0.05) is 18.7 Å². The fourth-order valence-corrected chi connectivity index (χ4v) is 1.29. The standard InChI is InChI=1S/C10H10N6O/c1-7-4-8(5-11)15-10(14-7)12-3-2-9-13-6-17-16-9/h4,6H,2-3H2,1H3,(H,12,14,15). The van der Waals surface area contributed by atoms with E-state index in [0.29, 0.717) is 30.4 Å². The quantitative estimate of drug-likeness (QED) is 0.824. The lowest BCUT2D eigenvalue weighted by Crippen LogP contribution is -2.09. The van der Waals surface area contributed by atoms with Gasteiger partial charge in [0.15, 0.2) is 5.82 Å². The summed E-state index contributed by atoms with van der Waals surface area (Å²) in [6.45, 7) is 2.39. The van der Waals surface area contributed by atoms with Crippen LogP contribution in [0, 0.1) is 18.3 Å². The molecule has 86 valence electrons. The van der Waals surface area contributed by atoms with Crippen molar-refractivity contribution in [2.24, 2.45) is 0 Å². The molecule has 2 aromatic heterocycles. The van der Waals surface area contributed by atoms with Crippen LogP contribution in [0.2, 0.25) is 0 Å². The maximum absolute atomic E-state index is 8.76. The molecule has 0 aliphatic heterocycles. The molecule has 0 amide bonds. The van der Waals surface area contributed by atoms with Gasteiger partial charge in [-0.15, -0.1) is 0 Å². The number of nitrogens with zero attached hydrogens (tertiary/aromatic N) is 5. The fraction of sp³-hybridized carbons (Fsp3) is 0.300. The third-order valence-electron chi connectivity index (χ3n) is 2.01. The van der Waals surface area contributed by atoms with Crippen LogP contribution in [0.4, 0.5) is 5.95 Å². The van der Waals surface area contributed by atoms with Crippen molar-refractivity contribution in [3.63, 3.8) is 0 Å². The lowest BCUT2D eigenvalue weighted by atomic mass is 10.3. The zero-order valence-corrected chi connectivity index (χ0v) is 9.21. The summed E-state index contributed by atoms with van der Waals surface area (Å²) in [4.78, 5) is 12.1. The zero-order valence-electron chi connectivity index (χ0n) is 9.21. The summed E-state index contributed by atoms with van der Waals surface area (Å²) in [7, 11) is 0. The van der Waals surface area contributed by atoms with Gasteiger partial charge >= 0.3 is 0 Å². The van der Waals surface area contributed by atoms with E-state index in [0.717, 1.165) is 5.69 Å². The number of hydrogen-bond donors (Lipinski definition) is 1. The molecule has 2 heterocycles. The first-order chi connectivity index (χ1) is 8.28. The minimum absolute atomic E-state index is 0.347. The Bertz CT molecular complexity index is 530. The minimum Gasteiger partial charge on any atom is -0.354 e. The second-order valence-electron chi connectivity index (χ2n) is 3.35. The third-order valence-corrected chi connectivity index (χ3v) is 2.01. The second kappa shape index (κ2) is 5.03. The van der Waals surface area contributed by atoms with Crippen molar-refractivity contribution in [1.29, 1.82) is 5.26 Å². The molecule has 7 nitrogen and oxygen atoms in total. The number of nitrogens with one attached hydrogen (secondary N) is 1. The molecular weight excluding hydrogens is 220 g/mol. The van der Waals surface area contributed by atoms with Crippen LogP contribution in [0.3, 0.4) is 0 Å². The topological polar surface area (TPSA) is 101 Å². The van der Waals surface area contributed by atoms with Crippen LogP contribution in [-0.4, -0.2) is 26.7 Å². The maximum Gasteiger partial charge on any atom is 0.224 e. The van der Waals surface area contributed by atoms with Gasteiger partial charge in [-0.25, -0.2) is 9.97 Å². The van der Waals surface area contributed by atoms with Crippen molar-refractivity contribution in [3.8, 4) is 6.07 Å². The van der Waals surface area contributed by atoms with E-state index in [4.69, 9.17) is 5.26 Å². The Morgan fingerprint density at radius 1 is 1.47 bits per heavy atom. The minimum atomic E-state index is 0.347. The van der Waals surface area contributed by atoms with Crippen LogP contribution in [0.25, 0.3) is 0 Å². The molecule has 17 heavy (non-hydrogen) atoms. The van der Waals surface area contributed by atoms with Gasteiger partial charge in [-0.3, -0.25) is 0 Å². The third kappa shape index (κ3) is 2.98. The summed E-state index contributed by atoms with van der Waals surface area (Å²) in [5.41, 5.74) is 1.10. The molecule has 0 radical (unpaired) electrons. The Morgan fingerprint density at radius 3 is 3.06 bits per heavy atom. The van der Waals surface area contributed by atoms with Crippen LogP contribution >= 0.6 is 0 Å². The van der Waals surface area contributed by atoms with Gasteiger partial charge in [0.25, 0.3) is 0 Å². The highest BCUT2D eigenvalue weighted by Crippen LogP contribution is 2.03. The Kier molecular flexibility index (Phi) is 3.25. The predicted molar refractivity (Wildman–Crippen MR) is 58.0 cm³/mol. The molecule has 0 atom stereocenters. The molecule has 0 spiro atoms. The number of aryl methyl sites for hydroxylation is 1. The Hall–Kier alpha value is -2.49. The molecule has 0 unspecified atom stereocenters. The van der Waals surface area contributed by atoms with E-state index in [-0.39, 0.29) is 0 Å². The van der Waals surface area contributed by atoms with Gasteiger partial charge in [-0.1, -0.05) is 5.16 Å². The van der Waals surface area contributed by atoms with Crippen molar-refractivity contribution in [2.75, 3.05) is 11.9 Å². The first kappa shape index (κ1) is 11.0. The maximum atomic E-state index is 8.76. The first-order valence-corrected chi connectivity index (χ1v) is 5.03. The van der Waals surface area contributed by atoms with Gasteiger partial charge in [-0.2, -0.15) is 10.2 Å². The second-order valence-corrected chi connectivity index (χ2v) is 3.35.